The number of carbonyl (C=O) groups excluding carboxylic acids is 1. The fourth-order valence-electron chi connectivity index (χ4n) is 6.46. The van der Waals surface area contributed by atoms with Gasteiger partial charge in [-0.05, 0) is 52.4 Å². The Labute approximate surface area is 287 Å². The first-order valence-corrected chi connectivity index (χ1v) is 16.9. The van der Waals surface area contributed by atoms with Crippen LogP contribution in [0, 0.1) is 0 Å². The maximum absolute atomic E-state index is 12.9. The Hall–Kier alpha value is -5.34. The minimum Gasteiger partial charge on any atom is -0.378 e. The molecule has 0 saturated carbocycles. The van der Waals surface area contributed by atoms with Crippen LogP contribution in [0.15, 0.2) is 127 Å². The zero-order valence-electron chi connectivity index (χ0n) is 27.5. The molecule has 1 amide bonds. The topological polar surface area (TPSA) is 91.4 Å². The van der Waals surface area contributed by atoms with Crippen LogP contribution in [0.5, 0.6) is 0 Å². The first-order valence-electron chi connectivity index (χ1n) is 16.9. The first kappa shape index (κ1) is 32.2. The lowest BCUT2D eigenvalue weighted by Gasteiger charge is -2.15. The van der Waals surface area contributed by atoms with Crippen LogP contribution >= 0.6 is 0 Å². The molecular weight excluding hydrogens is 608 g/mol. The van der Waals surface area contributed by atoms with Gasteiger partial charge in [0.25, 0.3) is 5.91 Å². The van der Waals surface area contributed by atoms with E-state index in [1.807, 2.05) is 36.4 Å². The maximum atomic E-state index is 12.9. The number of hydrogen-bond acceptors (Lipinski definition) is 5. The summed E-state index contributed by atoms with van der Waals surface area (Å²) in [5.41, 5.74) is 17.6. The predicted molar refractivity (Wildman–Crippen MR) is 195 cm³/mol. The normalized spacial score (nSPS) is 11.7. The number of rotatable bonds is 14. The molecule has 6 aromatic rings. The molecule has 0 saturated heterocycles. The van der Waals surface area contributed by atoms with Gasteiger partial charge in [0.2, 0.25) is 0 Å². The lowest BCUT2D eigenvalue weighted by molar-refractivity contribution is 0.0511. The van der Waals surface area contributed by atoms with Crippen LogP contribution in [-0.2, 0) is 22.4 Å². The molecule has 0 unspecified atom stereocenters. The van der Waals surface area contributed by atoms with Crippen molar-refractivity contribution in [1.29, 1.82) is 0 Å². The first-order chi connectivity index (χ1) is 24.2. The van der Waals surface area contributed by atoms with Gasteiger partial charge in [0.15, 0.2) is 0 Å². The summed E-state index contributed by atoms with van der Waals surface area (Å²) < 4.78 is 13.2. The molecule has 7 heteroatoms. The molecule has 0 aliphatic heterocycles. The molecule has 0 fully saturated rings. The summed E-state index contributed by atoms with van der Waals surface area (Å²) in [6.45, 7) is 3.38. The average Bonchev–Trinajstić information content (AvgIpc) is 3.72. The van der Waals surface area contributed by atoms with Crippen molar-refractivity contribution in [3.8, 4) is 45.0 Å². The van der Waals surface area contributed by atoms with Gasteiger partial charge in [-0.15, -0.1) is 0 Å². The van der Waals surface area contributed by atoms with Crippen molar-refractivity contribution in [3.05, 3.63) is 150 Å². The number of nitrogens with one attached hydrogen (secondary N) is 1. The van der Waals surface area contributed by atoms with E-state index in [9.17, 15) is 4.79 Å². The molecule has 5 aromatic carbocycles. The highest BCUT2D eigenvalue weighted by atomic mass is 16.5. The lowest BCUT2D eigenvalue weighted by atomic mass is 10.0. The zero-order chi connectivity index (χ0) is 33.4. The lowest BCUT2D eigenvalue weighted by Crippen LogP contribution is -2.27. The number of aromatic nitrogens is 2. The van der Waals surface area contributed by atoms with Crippen LogP contribution in [0.1, 0.15) is 27.0 Å². The number of nitrogens with two attached hydrogens (primary N) is 1. The van der Waals surface area contributed by atoms with Crippen LogP contribution in [-0.4, -0.2) is 55.0 Å². The highest BCUT2D eigenvalue weighted by Gasteiger charge is 2.24. The summed E-state index contributed by atoms with van der Waals surface area (Å²) in [6, 6.07) is 44.1. The second-order valence-electron chi connectivity index (χ2n) is 12.1. The van der Waals surface area contributed by atoms with Gasteiger partial charge < -0.3 is 25.1 Å². The predicted octanol–water partition coefficient (Wildman–Crippen LogP) is 7.23. The van der Waals surface area contributed by atoms with Gasteiger partial charge in [-0.2, -0.15) is 0 Å². The quantitative estimate of drug-likeness (QED) is 0.122. The second kappa shape index (κ2) is 15.3. The third-order valence-electron chi connectivity index (χ3n) is 8.84. The Balaban J connectivity index is 1.20. The van der Waals surface area contributed by atoms with Crippen molar-refractivity contribution >= 4 is 5.91 Å². The average molecular weight is 649 g/mol. The SMILES string of the molecule is NCCOCCOCCNC(=O)c1ccc(Cn2c(-c3ccc4c(c3)-c3ccccc3C4)nc(-c3ccccc3)c2-c2ccccc2)cc1. The van der Waals surface area contributed by atoms with E-state index in [-0.39, 0.29) is 5.91 Å². The van der Waals surface area contributed by atoms with E-state index in [4.69, 9.17) is 20.2 Å². The van der Waals surface area contributed by atoms with Gasteiger partial charge in [0.05, 0.1) is 37.8 Å². The number of carbonyl (C=O) groups is 1. The molecule has 7 nitrogen and oxygen atoms in total. The van der Waals surface area contributed by atoms with Gasteiger partial charge >= 0.3 is 0 Å². The van der Waals surface area contributed by atoms with Gasteiger partial charge in [0.1, 0.15) is 5.82 Å². The molecule has 7 rings (SSSR count). The molecule has 49 heavy (non-hydrogen) atoms. The Morgan fingerprint density at radius 3 is 2.12 bits per heavy atom. The van der Waals surface area contributed by atoms with E-state index < -0.39 is 0 Å². The number of imidazole rings is 1. The Bertz CT molecular complexity index is 2020. The number of benzene rings is 5. The van der Waals surface area contributed by atoms with Crippen LogP contribution in [0.2, 0.25) is 0 Å². The Morgan fingerprint density at radius 1 is 0.694 bits per heavy atom. The van der Waals surface area contributed by atoms with E-state index in [1.54, 1.807) is 0 Å². The monoisotopic (exact) mass is 648 g/mol. The van der Waals surface area contributed by atoms with Crippen molar-refractivity contribution in [2.24, 2.45) is 5.73 Å². The molecule has 1 aromatic heterocycles. The summed E-state index contributed by atoms with van der Waals surface area (Å²) >= 11 is 0. The molecule has 3 N–H and O–H groups in total. The molecule has 0 spiro atoms. The van der Waals surface area contributed by atoms with Crippen molar-refractivity contribution in [3.63, 3.8) is 0 Å². The van der Waals surface area contributed by atoms with Crippen LogP contribution in [0.3, 0.4) is 0 Å². The number of hydrogen-bond donors (Lipinski definition) is 2. The van der Waals surface area contributed by atoms with Crippen molar-refractivity contribution < 1.29 is 14.3 Å². The summed E-state index contributed by atoms with van der Waals surface area (Å²) in [4.78, 5) is 18.3. The number of ether oxygens (including phenoxy) is 2. The van der Waals surface area contributed by atoms with Gasteiger partial charge in [0, 0.05) is 41.9 Å². The van der Waals surface area contributed by atoms with E-state index in [1.165, 1.54) is 22.3 Å². The number of amides is 1. The van der Waals surface area contributed by atoms with Gasteiger partial charge in [-0.25, -0.2) is 4.98 Å². The molecular formula is C42H40N4O3. The largest absolute Gasteiger partial charge is 0.378 e. The number of fused-ring (bicyclic) bond motifs is 3. The van der Waals surface area contributed by atoms with E-state index in [0.29, 0.717) is 51.6 Å². The molecule has 0 atom stereocenters. The van der Waals surface area contributed by atoms with Gasteiger partial charge in [-0.1, -0.05) is 109 Å². The van der Waals surface area contributed by atoms with E-state index in [2.05, 4.69) is 101 Å². The smallest absolute Gasteiger partial charge is 0.251 e. The van der Waals surface area contributed by atoms with E-state index >= 15 is 0 Å². The highest BCUT2D eigenvalue weighted by Crippen LogP contribution is 2.41. The molecule has 1 heterocycles. The molecule has 1 aliphatic rings. The van der Waals surface area contributed by atoms with Crippen molar-refractivity contribution in [2.75, 3.05) is 39.5 Å². The number of nitrogens with zero attached hydrogens (tertiary/aromatic N) is 2. The van der Waals surface area contributed by atoms with Crippen LogP contribution < -0.4 is 11.1 Å². The Kier molecular flexibility index (Phi) is 10.0. The third kappa shape index (κ3) is 7.25. The second-order valence-corrected chi connectivity index (χ2v) is 12.1. The van der Waals surface area contributed by atoms with Crippen molar-refractivity contribution in [2.45, 2.75) is 13.0 Å². The fourth-order valence-corrected chi connectivity index (χ4v) is 6.46. The minimum atomic E-state index is -0.132. The summed E-state index contributed by atoms with van der Waals surface area (Å²) in [7, 11) is 0. The van der Waals surface area contributed by atoms with Crippen LogP contribution in [0.4, 0.5) is 0 Å². The fraction of sp³-hybridized carbons (Fsp3) is 0.190. The molecule has 1 aliphatic carbocycles. The Morgan fingerprint density at radius 2 is 1.37 bits per heavy atom. The van der Waals surface area contributed by atoms with E-state index in [0.717, 1.165) is 45.9 Å². The summed E-state index contributed by atoms with van der Waals surface area (Å²) in [5, 5.41) is 2.94. The molecule has 246 valence electrons. The molecule has 0 radical (unpaired) electrons. The summed E-state index contributed by atoms with van der Waals surface area (Å²) in [6.07, 6.45) is 0.946. The van der Waals surface area contributed by atoms with Gasteiger partial charge in [-0.3, -0.25) is 4.79 Å². The summed E-state index contributed by atoms with van der Waals surface area (Å²) in [5.74, 6) is 0.771. The standard InChI is InChI=1S/C42H40N4O3/c43-21-23-48-25-26-49-24-22-44-42(47)33-17-15-30(16-18-33)29-46-40(32-11-5-2-6-12-32)39(31-9-3-1-4-10-31)45-41(46)36-20-19-35-27-34-13-7-8-14-37(34)38(35)28-36/h1-20,28H,21-27,29,43H2,(H,44,47). The van der Waals surface area contributed by atoms with Crippen LogP contribution in [0.25, 0.3) is 45.0 Å². The zero-order valence-corrected chi connectivity index (χ0v) is 27.5. The highest BCUT2D eigenvalue weighted by molar-refractivity contribution is 5.94. The minimum absolute atomic E-state index is 0.132. The van der Waals surface area contributed by atoms with Crippen molar-refractivity contribution in [1.82, 2.24) is 14.9 Å². The molecule has 0 bridgehead atoms. The maximum Gasteiger partial charge on any atom is 0.251 e. The third-order valence-corrected chi connectivity index (χ3v) is 8.84.